The number of carbonyl (C=O) groups is 3. The monoisotopic (exact) mass is 1150 g/mol. The molecule has 10 N–H and O–H groups in total. The molecule has 0 aliphatic carbocycles. The van der Waals surface area contributed by atoms with Crippen LogP contribution in [0.25, 0.3) is 43.5 Å². The van der Waals surface area contributed by atoms with Crippen LogP contribution in [0.1, 0.15) is 96.3 Å². The van der Waals surface area contributed by atoms with E-state index in [0.29, 0.717) is 12.2 Å². The first-order valence-corrected chi connectivity index (χ1v) is 30.7. The Kier molecular flexibility index (Phi) is 20.8. The van der Waals surface area contributed by atoms with Crippen LogP contribution in [-0.2, 0) is 57.1 Å². The van der Waals surface area contributed by atoms with Crippen LogP contribution in [0, 0.1) is 5.41 Å². The number of phosphoric ester groups is 3. The minimum Gasteiger partial charge on any atom is -0.386 e. The molecule has 1 saturated heterocycles. The van der Waals surface area contributed by atoms with Crippen molar-refractivity contribution in [2.75, 3.05) is 37.8 Å². The zero-order valence-electron chi connectivity index (χ0n) is 42.5. The molecule has 28 heteroatoms. The number of phosphoric acid groups is 3. The summed E-state index contributed by atoms with van der Waals surface area (Å²) >= 11 is 1.15. The van der Waals surface area contributed by atoms with Gasteiger partial charge in [0.1, 0.15) is 36.3 Å². The molecule has 77 heavy (non-hydrogen) atoms. The summed E-state index contributed by atoms with van der Waals surface area (Å²) in [4.78, 5) is 88.8. The van der Waals surface area contributed by atoms with Crippen LogP contribution in [0.15, 0.2) is 67.3 Å². The van der Waals surface area contributed by atoms with E-state index in [9.17, 15) is 57.9 Å². The Morgan fingerprint density at radius 3 is 2.14 bits per heavy atom. The second-order valence-electron chi connectivity index (χ2n) is 19.6. The Morgan fingerprint density at radius 1 is 0.805 bits per heavy atom. The molecular weight excluding hydrogens is 1080 g/mol. The summed E-state index contributed by atoms with van der Waals surface area (Å²) in [5.74, 6) is -1.05. The largest absolute Gasteiger partial charge is 0.481 e. The maximum Gasteiger partial charge on any atom is 0.481 e. The molecule has 4 aromatic carbocycles. The minimum absolute atomic E-state index is 0.0317. The van der Waals surface area contributed by atoms with E-state index >= 15 is 0 Å². The van der Waals surface area contributed by atoms with E-state index < -0.39 is 84.6 Å². The van der Waals surface area contributed by atoms with E-state index in [0.717, 1.165) is 61.1 Å². The lowest BCUT2D eigenvalue weighted by Crippen LogP contribution is -2.46. The number of aromatic nitrogens is 4. The first-order chi connectivity index (χ1) is 36.5. The number of hydrogen-bond acceptors (Lipinski definition) is 18. The molecule has 2 aromatic heterocycles. The highest BCUT2D eigenvalue weighted by molar-refractivity contribution is 8.13. The van der Waals surface area contributed by atoms with E-state index in [1.54, 1.807) is 0 Å². The van der Waals surface area contributed by atoms with Crippen LogP contribution < -0.4 is 16.4 Å². The average molecular weight is 1150 g/mol. The molecule has 0 bridgehead atoms. The Balaban J connectivity index is 0.705. The van der Waals surface area contributed by atoms with E-state index in [4.69, 9.17) is 19.5 Å². The Hall–Kier alpha value is -4.52. The number of benzene rings is 4. The van der Waals surface area contributed by atoms with Crippen LogP contribution >= 0.6 is 35.2 Å². The quantitative estimate of drug-likeness (QED) is 0.0124. The van der Waals surface area contributed by atoms with Gasteiger partial charge in [-0.1, -0.05) is 125 Å². The van der Waals surface area contributed by atoms with Crippen molar-refractivity contribution < 1.29 is 80.5 Å². The number of nitrogens with one attached hydrogen (secondary N) is 2. The highest BCUT2D eigenvalue weighted by atomic mass is 32.2. The lowest BCUT2D eigenvalue weighted by atomic mass is 9.87. The van der Waals surface area contributed by atoms with Gasteiger partial charge in [-0.2, -0.15) is 4.31 Å². The highest BCUT2D eigenvalue weighted by Gasteiger charge is 2.50. The van der Waals surface area contributed by atoms with E-state index in [1.165, 1.54) is 83.8 Å². The lowest BCUT2D eigenvalue weighted by Gasteiger charge is -2.30. The molecule has 1 aliphatic heterocycles. The van der Waals surface area contributed by atoms with Crippen LogP contribution in [0.3, 0.4) is 0 Å². The number of nitrogens with two attached hydrogens (primary N) is 1. The summed E-state index contributed by atoms with van der Waals surface area (Å²) in [6.45, 7) is 0.550. The van der Waals surface area contributed by atoms with Crippen molar-refractivity contribution in [2.45, 2.75) is 122 Å². The molecule has 3 heterocycles. The Labute approximate surface area is 448 Å². The van der Waals surface area contributed by atoms with Gasteiger partial charge in [0, 0.05) is 37.1 Å². The van der Waals surface area contributed by atoms with Gasteiger partial charge >= 0.3 is 23.5 Å². The highest BCUT2D eigenvalue weighted by Crippen LogP contribution is 2.61. The number of aliphatic hydroxyl groups excluding tert-OH is 2. The zero-order valence-corrected chi connectivity index (χ0v) is 46.0. The van der Waals surface area contributed by atoms with Crippen molar-refractivity contribution in [3.63, 3.8) is 0 Å². The Bertz CT molecular complexity index is 3130. The standard InChI is InChI=1S/C49H66N7O17P3S/c1-49(2,28-70-76(67,68)73-75(65,66)69-27-36-43(72-74(62,63)64)42(59)48(71-36)56-30-55-41-45(50)53-29-54-46(41)56)44(60)47(61)52-24-23-37(57)51-25-26-77-38(58)16-11-9-7-5-3-4-6-8-10-13-31-17-18-34-20-19-32-14-12-15-33-21-22-35(31)40(34)39(32)33/h12,14-15,17-22,29-30,36,42-44,48,59-60H,3-11,13,16,23-28H2,1-2H3,(H,51,57)(H,52,61)(H,65,66)(H,67,68)(H2,50,53,54)(H2,62,63,64)/t36-,42-,43-,44+,48-/m1/s1. The van der Waals surface area contributed by atoms with Crippen molar-refractivity contribution in [3.05, 3.63) is 72.8 Å². The number of ether oxygens (including phenoxy) is 1. The summed E-state index contributed by atoms with van der Waals surface area (Å²) in [6, 6.07) is 20.0. The van der Waals surface area contributed by atoms with Crippen molar-refractivity contribution >= 4 is 101 Å². The number of rotatable bonds is 31. The van der Waals surface area contributed by atoms with Gasteiger partial charge in [-0.3, -0.25) is 32.5 Å². The summed E-state index contributed by atoms with van der Waals surface area (Å²) in [7, 11) is -16.4. The molecule has 7 atom stereocenters. The second-order valence-corrected chi connectivity index (χ2v) is 24.9. The van der Waals surface area contributed by atoms with Crippen molar-refractivity contribution in [2.24, 2.45) is 5.41 Å². The van der Waals surface area contributed by atoms with Crippen molar-refractivity contribution in [1.82, 2.24) is 30.2 Å². The molecule has 2 amide bonds. The van der Waals surface area contributed by atoms with Crippen LogP contribution in [0.4, 0.5) is 5.82 Å². The molecule has 24 nitrogen and oxygen atoms in total. The van der Waals surface area contributed by atoms with Crippen molar-refractivity contribution in [1.29, 1.82) is 0 Å². The molecule has 420 valence electrons. The Morgan fingerprint density at radius 2 is 1.44 bits per heavy atom. The van der Waals surface area contributed by atoms with Crippen LogP contribution in [-0.4, -0.2) is 123 Å². The number of aliphatic hydroxyl groups is 2. The molecule has 0 radical (unpaired) electrons. The predicted molar refractivity (Wildman–Crippen MR) is 287 cm³/mol. The predicted octanol–water partition coefficient (Wildman–Crippen LogP) is 6.71. The number of nitrogens with zero attached hydrogens (tertiary/aromatic N) is 4. The number of anilines is 1. The fourth-order valence-corrected chi connectivity index (χ4v) is 12.8. The van der Waals surface area contributed by atoms with Gasteiger partial charge in [-0.05, 0) is 57.1 Å². The summed E-state index contributed by atoms with van der Waals surface area (Å²) < 4.78 is 62.6. The molecule has 0 spiro atoms. The number of carbonyl (C=O) groups excluding carboxylic acids is 3. The topological polar surface area (TPSA) is 364 Å². The third kappa shape index (κ3) is 16.5. The number of thioether (sulfide) groups is 1. The number of nitrogen functional groups attached to an aromatic ring is 1. The maximum absolute atomic E-state index is 12.8. The number of hydrogen-bond donors (Lipinski definition) is 9. The third-order valence-electron chi connectivity index (χ3n) is 13.2. The summed E-state index contributed by atoms with van der Waals surface area (Å²) in [5.41, 5.74) is 5.71. The van der Waals surface area contributed by atoms with Crippen molar-refractivity contribution in [3.8, 4) is 0 Å². The second kappa shape index (κ2) is 26.6. The van der Waals surface area contributed by atoms with Gasteiger partial charge in [0.05, 0.1) is 19.5 Å². The fraction of sp³-hybridized carbons (Fsp3) is 0.510. The SMILES string of the molecule is CC(C)(COP(=O)(O)OP(=O)(O)OC[C@H]1O[C@@H](n2cnc3c(N)ncnc32)[C@H](O)[C@@H]1OP(=O)(O)O)[C@@H](O)C(=O)NCCC(=O)NCCSC(=O)CCCCCCCCCCCc1ccc2ccc3cccc4ccc1c2c34. The molecular formula is C49H66N7O17P3S. The first-order valence-electron chi connectivity index (χ1n) is 25.2. The molecule has 2 unspecified atom stereocenters. The summed E-state index contributed by atoms with van der Waals surface area (Å²) in [5, 5.41) is 34.7. The van der Waals surface area contributed by atoms with E-state index in [1.807, 2.05) is 0 Å². The first kappa shape index (κ1) is 60.1. The van der Waals surface area contributed by atoms with Crippen LogP contribution in [0.2, 0.25) is 0 Å². The number of imidazole rings is 1. The number of amides is 2. The third-order valence-corrected chi connectivity index (χ3v) is 17.2. The van der Waals surface area contributed by atoms with Gasteiger partial charge in [0.25, 0.3) is 0 Å². The summed E-state index contributed by atoms with van der Waals surface area (Å²) in [6.07, 6.45) is 4.65. The lowest BCUT2D eigenvalue weighted by molar-refractivity contribution is -0.137. The number of aryl methyl sites for hydroxylation is 1. The van der Waals surface area contributed by atoms with E-state index in [-0.39, 0.29) is 41.6 Å². The molecule has 7 rings (SSSR count). The zero-order chi connectivity index (χ0) is 55.5. The maximum atomic E-state index is 12.8. The van der Waals surface area contributed by atoms with Gasteiger partial charge < -0.3 is 50.9 Å². The van der Waals surface area contributed by atoms with Gasteiger partial charge in [0.15, 0.2) is 22.8 Å². The molecule has 1 aliphatic rings. The van der Waals surface area contributed by atoms with Gasteiger partial charge in [0.2, 0.25) is 11.8 Å². The molecule has 1 fully saturated rings. The molecule has 0 saturated carbocycles. The van der Waals surface area contributed by atoms with E-state index in [2.05, 4.69) is 89.0 Å². The minimum atomic E-state index is -5.59. The van der Waals surface area contributed by atoms with Crippen LogP contribution in [0.5, 0.6) is 0 Å². The normalized spacial score (nSPS) is 19.2. The number of fused-ring (bicyclic) bond motifs is 1. The smallest absolute Gasteiger partial charge is 0.386 e. The van der Waals surface area contributed by atoms with Gasteiger partial charge in [-0.25, -0.2) is 28.6 Å². The molecule has 6 aromatic rings. The average Bonchev–Trinajstić information content (AvgIpc) is 3.94. The van der Waals surface area contributed by atoms with Gasteiger partial charge in [-0.15, -0.1) is 0 Å². The fourth-order valence-electron chi connectivity index (χ4n) is 9.20. The number of unbranched alkanes of at least 4 members (excludes halogenated alkanes) is 8.